The number of imide groups is 1. The summed E-state index contributed by atoms with van der Waals surface area (Å²) in [6, 6.07) is 12.3. The van der Waals surface area contributed by atoms with Crippen LogP contribution in [0.3, 0.4) is 0 Å². The molecule has 13 heteroatoms. The van der Waals surface area contributed by atoms with Crippen molar-refractivity contribution >= 4 is 57.7 Å². The molecule has 0 radical (unpaired) electrons. The lowest BCUT2D eigenvalue weighted by molar-refractivity contribution is -0.133. The second-order valence-electron chi connectivity index (χ2n) is 8.85. The highest BCUT2D eigenvalue weighted by atomic mass is 35.5. The van der Waals surface area contributed by atoms with Crippen molar-refractivity contribution in [1.29, 1.82) is 0 Å². The summed E-state index contributed by atoms with van der Waals surface area (Å²) in [7, 11) is 0. The molecule has 2 heterocycles. The highest BCUT2D eigenvalue weighted by Crippen LogP contribution is 2.37. The molecular formula is C27H25ClN4O7S. The Kier molecular flexibility index (Phi) is 8.40. The van der Waals surface area contributed by atoms with Crippen LogP contribution in [0, 0.1) is 0 Å². The summed E-state index contributed by atoms with van der Waals surface area (Å²) in [5.74, 6) is -2.24. The number of nitrogens with zero attached hydrogens (tertiary/aromatic N) is 1. The minimum absolute atomic E-state index is 0.126. The van der Waals surface area contributed by atoms with Gasteiger partial charge in [-0.15, -0.1) is 11.3 Å². The third-order valence-electron chi connectivity index (χ3n) is 6.07. The van der Waals surface area contributed by atoms with E-state index in [0.29, 0.717) is 27.5 Å². The largest absolute Gasteiger partial charge is 0.484 e. The Morgan fingerprint density at radius 3 is 2.40 bits per heavy atom. The molecule has 1 atom stereocenters. The summed E-state index contributed by atoms with van der Waals surface area (Å²) >= 11 is 7.10. The van der Waals surface area contributed by atoms with Gasteiger partial charge in [0, 0.05) is 16.0 Å². The molecule has 0 unspecified atom stereocenters. The summed E-state index contributed by atoms with van der Waals surface area (Å²) in [5.41, 5.74) is 5.47. The van der Waals surface area contributed by atoms with E-state index in [-0.39, 0.29) is 23.8 Å². The first-order chi connectivity index (χ1) is 19.0. The van der Waals surface area contributed by atoms with Crippen molar-refractivity contribution in [2.75, 3.05) is 25.1 Å². The van der Waals surface area contributed by atoms with E-state index >= 15 is 0 Å². The van der Waals surface area contributed by atoms with Crippen molar-refractivity contribution in [2.24, 2.45) is 5.73 Å². The predicted octanol–water partition coefficient (Wildman–Crippen LogP) is 3.52. The molecule has 0 saturated carbocycles. The van der Waals surface area contributed by atoms with Gasteiger partial charge in [-0.2, -0.15) is 0 Å². The molecule has 40 heavy (non-hydrogen) atoms. The Balaban J connectivity index is 1.51. The van der Waals surface area contributed by atoms with Gasteiger partial charge in [-0.05, 0) is 49.2 Å². The van der Waals surface area contributed by atoms with E-state index in [2.05, 4.69) is 10.6 Å². The summed E-state index contributed by atoms with van der Waals surface area (Å²) < 4.78 is 10.4. The topological polar surface area (TPSA) is 157 Å². The number of urea groups is 1. The van der Waals surface area contributed by atoms with E-state index in [0.717, 1.165) is 16.2 Å². The summed E-state index contributed by atoms with van der Waals surface area (Å²) in [6.07, 6.45) is 0. The van der Waals surface area contributed by atoms with E-state index in [4.69, 9.17) is 26.8 Å². The number of carbonyl (C=O) groups is 5. The summed E-state index contributed by atoms with van der Waals surface area (Å²) in [5, 5.41) is 7.71. The number of ether oxygens (including phenoxy) is 2. The van der Waals surface area contributed by atoms with Gasteiger partial charge in [0.25, 0.3) is 11.8 Å². The molecule has 0 bridgehead atoms. The number of nitrogens with one attached hydrogen (secondary N) is 2. The maximum Gasteiger partial charge on any atom is 0.341 e. The second kappa shape index (κ2) is 11.8. The normalized spacial score (nSPS) is 16.4. The number of halogens is 1. The Morgan fingerprint density at radius 1 is 1.10 bits per heavy atom. The van der Waals surface area contributed by atoms with E-state index in [1.54, 1.807) is 48.7 Å². The maximum atomic E-state index is 13.3. The van der Waals surface area contributed by atoms with Crippen LogP contribution in [0.15, 0.2) is 53.9 Å². The summed E-state index contributed by atoms with van der Waals surface area (Å²) in [6.45, 7) is 2.41. The van der Waals surface area contributed by atoms with Crippen LogP contribution >= 0.6 is 22.9 Å². The average Bonchev–Trinajstić information content (AvgIpc) is 3.42. The number of hydrogen-bond acceptors (Lipinski definition) is 8. The molecule has 1 aliphatic rings. The zero-order valence-corrected chi connectivity index (χ0v) is 23.1. The van der Waals surface area contributed by atoms with Gasteiger partial charge in [-0.1, -0.05) is 35.9 Å². The molecule has 0 aliphatic carbocycles. The van der Waals surface area contributed by atoms with Crippen LogP contribution in [0.1, 0.15) is 29.8 Å². The highest BCUT2D eigenvalue weighted by molar-refractivity contribution is 7.15. The Bertz CT molecular complexity index is 1470. The van der Waals surface area contributed by atoms with Gasteiger partial charge in [-0.3, -0.25) is 19.3 Å². The smallest absolute Gasteiger partial charge is 0.341 e. The molecule has 2 aromatic carbocycles. The molecule has 1 aromatic heterocycles. The van der Waals surface area contributed by atoms with Gasteiger partial charge in [0.1, 0.15) is 28.4 Å². The molecule has 4 rings (SSSR count). The number of primary amides is 1. The lowest BCUT2D eigenvalue weighted by atomic mass is 9.92. The molecule has 1 fully saturated rings. The minimum atomic E-state index is -1.44. The zero-order valence-electron chi connectivity index (χ0n) is 21.5. The molecule has 0 spiro atoms. The number of amides is 5. The van der Waals surface area contributed by atoms with Crippen molar-refractivity contribution in [1.82, 2.24) is 10.2 Å². The fourth-order valence-corrected chi connectivity index (χ4v) is 5.18. The molecular weight excluding hydrogens is 560 g/mol. The molecule has 1 saturated heterocycles. The quantitative estimate of drug-likeness (QED) is 0.243. The van der Waals surface area contributed by atoms with Crippen molar-refractivity contribution in [2.45, 2.75) is 19.4 Å². The first-order valence-corrected chi connectivity index (χ1v) is 13.3. The van der Waals surface area contributed by atoms with Crippen molar-refractivity contribution in [3.05, 3.63) is 70.1 Å². The molecule has 11 nitrogen and oxygen atoms in total. The Morgan fingerprint density at radius 2 is 1.77 bits per heavy atom. The van der Waals surface area contributed by atoms with Crippen LogP contribution in [-0.4, -0.2) is 54.4 Å². The van der Waals surface area contributed by atoms with Crippen LogP contribution < -0.4 is 21.1 Å². The molecule has 3 aromatic rings. The minimum Gasteiger partial charge on any atom is -0.484 e. The highest BCUT2D eigenvalue weighted by Gasteiger charge is 2.49. The van der Waals surface area contributed by atoms with Gasteiger partial charge in [0.15, 0.2) is 6.61 Å². The van der Waals surface area contributed by atoms with Gasteiger partial charge in [0.05, 0.1) is 6.61 Å². The van der Waals surface area contributed by atoms with Crippen LogP contribution in [0.2, 0.25) is 5.02 Å². The van der Waals surface area contributed by atoms with Crippen LogP contribution in [0.5, 0.6) is 5.75 Å². The first-order valence-electron chi connectivity index (χ1n) is 12.0. The van der Waals surface area contributed by atoms with Crippen LogP contribution in [0.25, 0.3) is 11.1 Å². The van der Waals surface area contributed by atoms with Crippen molar-refractivity contribution < 1.29 is 33.4 Å². The number of thiophene rings is 1. The van der Waals surface area contributed by atoms with Crippen molar-refractivity contribution in [3.63, 3.8) is 0 Å². The number of benzene rings is 2. The molecule has 5 amide bonds. The van der Waals surface area contributed by atoms with Gasteiger partial charge in [-0.25, -0.2) is 9.59 Å². The van der Waals surface area contributed by atoms with Gasteiger partial charge >= 0.3 is 12.0 Å². The second-order valence-corrected chi connectivity index (χ2v) is 10.2. The number of anilines is 1. The summed E-state index contributed by atoms with van der Waals surface area (Å²) in [4.78, 5) is 63.5. The van der Waals surface area contributed by atoms with Crippen LogP contribution in [-0.2, 0) is 24.7 Å². The maximum absolute atomic E-state index is 13.3. The van der Waals surface area contributed by atoms with E-state index in [1.807, 2.05) is 0 Å². The zero-order chi connectivity index (χ0) is 29.0. The molecule has 4 N–H and O–H groups in total. The predicted molar refractivity (Wildman–Crippen MR) is 148 cm³/mol. The third-order valence-corrected chi connectivity index (χ3v) is 7.22. The lowest BCUT2D eigenvalue weighted by Gasteiger charge is -2.22. The fourth-order valence-electron chi connectivity index (χ4n) is 4.08. The van der Waals surface area contributed by atoms with Gasteiger partial charge < -0.3 is 25.8 Å². The number of hydrogen-bond donors (Lipinski definition) is 3. The Hall–Kier alpha value is -4.42. The van der Waals surface area contributed by atoms with E-state index < -0.39 is 41.8 Å². The number of nitrogens with two attached hydrogens (primary N) is 1. The van der Waals surface area contributed by atoms with Crippen LogP contribution in [0.4, 0.5) is 9.80 Å². The number of rotatable bonds is 10. The van der Waals surface area contributed by atoms with Crippen molar-refractivity contribution in [3.8, 4) is 16.9 Å². The average molecular weight is 585 g/mol. The van der Waals surface area contributed by atoms with Gasteiger partial charge in [0.2, 0.25) is 5.91 Å². The standard InChI is InChI=1S/C27H25ClN4O7S/c1-3-38-24(35)22-19(15-4-8-17(28)9-5-15)14-40-23(22)30-21(34)12-32-25(36)27(2,31-26(32)37)16-6-10-18(11-7-16)39-13-20(29)33/h4-11,14H,3,12-13H2,1-2H3,(H2,29,33)(H,30,34)(H,31,37)/t27-/m1/s1. The molecule has 1 aliphatic heterocycles. The fraction of sp³-hybridized carbons (Fsp3) is 0.222. The lowest BCUT2D eigenvalue weighted by Crippen LogP contribution is -2.42. The number of esters is 1. The first kappa shape index (κ1) is 28.6. The molecule has 208 valence electrons. The third kappa shape index (κ3) is 5.92. The number of carbonyl (C=O) groups excluding carboxylic acids is 5. The van der Waals surface area contributed by atoms with E-state index in [9.17, 15) is 24.0 Å². The SMILES string of the molecule is CCOC(=O)c1c(-c2ccc(Cl)cc2)csc1NC(=O)CN1C(=O)N[C@](C)(c2ccc(OCC(N)=O)cc2)C1=O. The monoisotopic (exact) mass is 584 g/mol. The van der Waals surface area contributed by atoms with E-state index in [1.165, 1.54) is 19.1 Å². The Labute approximate surface area is 238 Å².